The maximum absolute atomic E-state index is 2.00. The fourth-order valence-corrected chi connectivity index (χ4v) is 0. The van der Waals surface area contributed by atoms with Gasteiger partial charge in [-0.2, -0.15) is 0 Å². The second kappa shape index (κ2) is 15.9. The average molecular weight is 158 g/mol. The highest BCUT2D eigenvalue weighted by Gasteiger charge is 1.58. The molecule has 0 saturated carbocycles. The fourth-order valence-electron chi connectivity index (χ4n) is 0. The molecule has 68 valence electrons. The van der Waals surface area contributed by atoms with Crippen LogP contribution in [0.5, 0.6) is 0 Å². The molecule has 0 amide bonds. The first-order valence-electron chi connectivity index (χ1n) is 2.68. The first kappa shape index (κ1) is 22.6. The van der Waals surface area contributed by atoms with E-state index < -0.39 is 0 Å². The monoisotopic (exact) mass is 158 g/mol. The van der Waals surface area contributed by atoms with Gasteiger partial charge in [-0.25, -0.2) is 0 Å². The Balaban J connectivity index is -0.0000000300. The zero-order valence-corrected chi connectivity index (χ0v) is 7.71. The molecule has 0 saturated heterocycles. The molecule has 0 aromatic heterocycles. The molecule has 0 aromatic carbocycles. The van der Waals surface area contributed by atoms with Crippen LogP contribution in [0.4, 0.5) is 9.41 Å². The van der Waals surface area contributed by atoms with Crippen LogP contribution in [-0.2, 0) is 0 Å². The summed E-state index contributed by atoms with van der Waals surface area (Å²) in [6.45, 7) is 0. The van der Waals surface area contributed by atoms with Gasteiger partial charge in [-0.1, -0.05) is 0 Å². The molecule has 0 heterocycles. The van der Waals surface area contributed by atoms with Gasteiger partial charge >= 0.3 is 0 Å². The van der Waals surface area contributed by atoms with Gasteiger partial charge in [-0.05, 0) is 42.3 Å². The molecule has 0 aliphatic heterocycles. The first-order chi connectivity index (χ1) is 3.46. The van der Waals surface area contributed by atoms with Crippen molar-refractivity contribution in [3.05, 3.63) is 0 Å². The van der Waals surface area contributed by atoms with Crippen LogP contribution < -0.4 is 0 Å². The summed E-state index contributed by atoms with van der Waals surface area (Å²) >= 11 is 0. The van der Waals surface area contributed by atoms with Crippen molar-refractivity contribution in [3.63, 3.8) is 0 Å². The molecule has 0 aliphatic carbocycles. The minimum Gasteiger partial charge on any atom is -0.312 e. The summed E-state index contributed by atoms with van der Waals surface area (Å²) < 4.78 is 0. The maximum atomic E-state index is 2.00. The topological polar surface area (TPSA) is 6.48 Å². The average Bonchev–Trinajstić information content (AvgIpc) is 1.25. The van der Waals surface area contributed by atoms with Crippen LogP contribution in [0.15, 0.2) is 0 Å². The summed E-state index contributed by atoms with van der Waals surface area (Å²) in [5.74, 6) is 0. The van der Waals surface area contributed by atoms with E-state index >= 15 is 0 Å². The predicted molar refractivity (Wildman–Crippen MR) is 44.2 cm³/mol. The van der Waals surface area contributed by atoms with E-state index in [0.29, 0.717) is 0 Å². The lowest BCUT2D eigenvalue weighted by Gasteiger charge is -1.90. The Morgan fingerprint density at radius 2 is 0.500 bits per heavy atom. The Kier molecular flexibility index (Phi) is 35.9. The van der Waals surface area contributed by atoms with E-state index in [1.165, 1.54) is 0 Å². The Labute approximate surface area is 62.5 Å². The van der Waals surface area contributed by atoms with Crippen molar-refractivity contribution in [1.82, 2.24) is 9.80 Å². The highest BCUT2D eigenvalue weighted by molar-refractivity contribution is 4.09. The Morgan fingerprint density at radius 1 is 0.500 bits per heavy atom. The molecule has 2 nitrogen and oxygen atoms in total. The lowest BCUT2D eigenvalue weighted by molar-refractivity contribution is 0.505. The Morgan fingerprint density at radius 3 is 0.500 bits per heavy atom. The molecular weight excluding hydrogens is 138 g/mol. The van der Waals surface area contributed by atoms with Crippen LogP contribution >= 0.6 is 0 Å². The van der Waals surface area contributed by atoms with E-state index in [4.69, 9.17) is 0 Å². The predicted octanol–water partition coefficient (Wildman–Crippen LogP) is 0.661. The zero-order chi connectivity index (χ0) is 7.15. The SMILES string of the molecule is CN(C)C.CN(C)C.F.F. The highest BCUT2D eigenvalue weighted by atomic mass is 19.0. The summed E-state index contributed by atoms with van der Waals surface area (Å²) in [5, 5.41) is 0. The summed E-state index contributed by atoms with van der Waals surface area (Å²) in [5.41, 5.74) is 0. The van der Waals surface area contributed by atoms with Gasteiger partial charge in [-0.15, -0.1) is 0 Å². The van der Waals surface area contributed by atoms with Crippen molar-refractivity contribution in [2.24, 2.45) is 0 Å². The lowest BCUT2D eigenvalue weighted by Crippen LogP contribution is -1.99. The molecule has 0 N–H and O–H groups in total. The normalized spacial score (nSPS) is 7.20. The first-order valence-corrected chi connectivity index (χ1v) is 2.68. The Bertz CT molecular complexity index is 29.2. The zero-order valence-electron chi connectivity index (χ0n) is 7.71. The van der Waals surface area contributed by atoms with Crippen molar-refractivity contribution < 1.29 is 9.41 Å². The molecule has 0 aliphatic rings. The van der Waals surface area contributed by atoms with Crippen molar-refractivity contribution in [1.29, 1.82) is 0 Å². The van der Waals surface area contributed by atoms with Gasteiger partial charge in [0.15, 0.2) is 0 Å². The number of hydrogen-bond donors (Lipinski definition) is 0. The van der Waals surface area contributed by atoms with Crippen LogP contribution in [0, 0.1) is 0 Å². The molecule has 0 aromatic rings. The van der Waals surface area contributed by atoms with Gasteiger partial charge in [-0.3, -0.25) is 9.41 Å². The molecule has 0 fully saturated rings. The largest absolute Gasteiger partial charge is 0.312 e. The van der Waals surface area contributed by atoms with E-state index in [1.807, 2.05) is 52.1 Å². The van der Waals surface area contributed by atoms with Crippen LogP contribution in [0.25, 0.3) is 0 Å². The third-order valence-electron chi connectivity index (χ3n) is 0. The van der Waals surface area contributed by atoms with Gasteiger partial charge in [0.25, 0.3) is 0 Å². The Hall–Kier alpha value is -0.220. The van der Waals surface area contributed by atoms with Crippen LogP contribution in [0.3, 0.4) is 0 Å². The van der Waals surface area contributed by atoms with E-state index in [0.717, 1.165) is 0 Å². The van der Waals surface area contributed by atoms with Crippen molar-refractivity contribution >= 4 is 0 Å². The molecular formula is C6H20F2N2. The summed E-state index contributed by atoms with van der Waals surface area (Å²) in [6.07, 6.45) is 0. The molecule has 0 atom stereocenters. The molecule has 0 bridgehead atoms. The quantitative estimate of drug-likeness (QED) is 0.511. The number of nitrogens with zero attached hydrogens (tertiary/aromatic N) is 2. The molecule has 0 unspecified atom stereocenters. The van der Waals surface area contributed by atoms with Crippen molar-refractivity contribution in [2.45, 2.75) is 0 Å². The molecule has 0 rings (SSSR count). The number of rotatable bonds is 0. The maximum Gasteiger partial charge on any atom is -0.0140 e. The lowest BCUT2D eigenvalue weighted by atomic mass is 11.0. The number of hydrogen-bond acceptors (Lipinski definition) is 2. The second-order valence-electron chi connectivity index (χ2n) is 2.68. The van der Waals surface area contributed by atoms with E-state index in [2.05, 4.69) is 0 Å². The molecule has 0 spiro atoms. The second-order valence-corrected chi connectivity index (χ2v) is 2.68. The minimum absolute atomic E-state index is 0. The van der Waals surface area contributed by atoms with Crippen LogP contribution in [0.2, 0.25) is 0 Å². The van der Waals surface area contributed by atoms with Gasteiger partial charge in [0, 0.05) is 0 Å². The molecule has 4 heteroatoms. The van der Waals surface area contributed by atoms with Gasteiger partial charge < -0.3 is 9.80 Å². The van der Waals surface area contributed by atoms with Gasteiger partial charge in [0.05, 0.1) is 0 Å². The summed E-state index contributed by atoms with van der Waals surface area (Å²) in [7, 11) is 12.0. The van der Waals surface area contributed by atoms with Crippen LogP contribution in [0.1, 0.15) is 0 Å². The smallest absolute Gasteiger partial charge is 0.0140 e. The standard InChI is InChI=1S/2C3H9N.2FH/c2*1-4(2)3;;/h2*1-3H3;2*1H. The number of halogens is 2. The highest BCUT2D eigenvalue weighted by Crippen LogP contribution is 1.48. The molecule has 0 radical (unpaired) electrons. The van der Waals surface area contributed by atoms with E-state index in [9.17, 15) is 0 Å². The van der Waals surface area contributed by atoms with E-state index in [1.54, 1.807) is 0 Å². The van der Waals surface area contributed by atoms with Gasteiger partial charge in [0.1, 0.15) is 0 Å². The van der Waals surface area contributed by atoms with Gasteiger partial charge in [0.2, 0.25) is 0 Å². The third-order valence-corrected chi connectivity index (χ3v) is 0. The van der Waals surface area contributed by atoms with Crippen molar-refractivity contribution in [3.8, 4) is 0 Å². The third kappa shape index (κ3) is 7390. The fraction of sp³-hybridized carbons (Fsp3) is 1.00. The van der Waals surface area contributed by atoms with Crippen molar-refractivity contribution in [2.75, 3.05) is 42.3 Å². The van der Waals surface area contributed by atoms with E-state index in [-0.39, 0.29) is 9.41 Å². The summed E-state index contributed by atoms with van der Waals surface area (Å²) in [6, 6.07) is 0. The summed E-state index contributed by atoms with van der Waals surface area (Å²) in [4.78, 5) is 4.00. The van der Waals surface area contributed by atoms with Crippen LogP contribution in [-0.4, -0.2) is 52.1 Å². The minimum atomic E-state index is 0. The molecule has 10 heavy (non-hydrogen) atoms.